The number of halogens is 3. The molecule has 5 nitrogen and oxygen atoms in total. The van der Waals surface area contributed by atoms with Gasteiger partial charge < -0.3 is 19.9 Å². The van der Waals surface area contributed by atoms with E-state index >= 15 is 0 Å². The molecule has 0 saturated carbocycles. The van der Waals surface area contributed by atoms with Crippen LogP contribution >= 0.6 is 0 Å². The van der Waals surface area contributed by atoms with Crippen LogP contribution in [-0.4, -0.2) is 21.9 Å². The lowest BCUT2D eigenvalue weighted by Gasteiger charge is -2.25. The van der Waals surface area contributed by atoms with Crippen LogP contribution in [0.3, 0.4) is 0 Å². The Labute approximate surface area is 159 Å². The van der Waals surface area contributed by atoms with Gasteiger partial charge in [0.25, 0.3) is 0 Å². The average Bonchev–Trinajstić information content (AvgIpc) is 2.72. The third-order valence-corrected chi connectivity index (χ3v) is 4.75. The molecule has 2 aromatic carbocycles. The molecule has 0 aliphatic carbocycles. The normalized spacial score (nSPS) is 17.2. The molecular weight excluding hydrogens is 375 g/mol. The lowest BCUT2D eigenvalue weighted by Crippen LogP contribution is -2.37. The molecule has 1 atom stereocenters. The van der Waals surface area contributed by atoms with E-state index in [1.807, 2.05) is 0 Å². The number of carbonyl (C=O) groups excluding carboxylic acids is 2. The lowest BCUT2D eigenvalue weighted by molar-refractivity contribution is -0.306. The zero-order chi connectivity index (χ0) is 20.5. The molecule has 0 saturated heterocycles. The summed E-state index contributed by atoms with van der Waals surface area (Å²) in [4.78, 5) is 25.3. The highest BCUT2D eigenvalue weighted by molar-refractivity contribution is 5.83. The number of hydrogen-bond donors (Lipinski definition) is 1. The molecule has 28 heavy (non-hydrogen) atoms. The summed E-state index contributed by atoms with van der Waals surface area (Å²) in [6.45, 7) is 0.142. The van der Waals surface area contributed by atoms with Crippen molar-refractivity contribution in [2.75, 3.05) is 0 Å². The van der Waals surface area contributed by atoms with Crippen LogP contribution < -0.4 is 5.11 Å². The molecule has 3 rings (SSSR count). The van der Waals surface area contributed by atoms with E-state index in [0.29, 0.717) is 11.1 Å². The standard InChI is InChI=1S/C20H18F3NO4/c21-20(22,23)16-4-1-12(2-5-16)10-24-11-15-8-17(25)6-3-13(15)7-14(19(24)28)9-18(26)27/h1-6,8,14,25H,7,9-11H2,(H,26,27)/p-1/t14-/m0/s1. The van der Waals surface area contributed by atoms with Gasteiger partial charge in [0.2, 0.25) is 5.91 Å². The first-order valence-corrected chi connectivity index (χ1v) is 8.59. The van der Waals surface area contributed by atoms with E-state index in [2.05, 4.69) is 0 Å². The molecular formula is C20H17F3NO4-. The number of phenols is 1. The quantitative estimate of drug-likeness (QED) is 0.866. The number of rotatable bonds is 4. The zero-order valence-electron chi connectivity index (χ0n) is 14.7. The van der Waals surface area contributed by atoms with Crippen LogP contribution in [0, 0.1) is 5.92 Å². The molecule has 0 fully saturated rings. The Balaban J connectivity index is 1.89. The molecule has 0 bridgehead atoms. The number of benzene rings is 2. The second kappa shape index (κ2) is 7.53. The number of hydrogen-bond acceptors (Lipinski definition) is 4. The Morgan fingerprint density at radius 3 is 2.43 bits per heavy atom. The SMILES string of the molecule is O=C([O-])C[C@@H]1Cc2ccc(O)cc2CN(Cc2ccc(C(F)(F)F)cc2)C1=O. The van der Waals surface area contributed by atoms with Crippen molar-refractivity contribution in [1.29, 1.82) is 0 Å². The van der Waals surface area contributed by atoms with Crippen molar-refractivity contribution in [3.8, 4) is 5.75 Å². The van der Waals surface area contributed by atoms with E-state index in [1.165, 1.54) is 29.2 Å². The largest absolute Gasteiger partial charge is 0.550 e. The third kappa shape index (κ3) is 4.44. The highest BCUT2D eigenvalue weighted by Crippen LogP contribution is 2.31. The maximum absolute atomic E-state index is 12.9. The Hall–Kier alpha value is -3.03. The fraction of sp³-hybridized carbons (Fsp3) is 0.300. The summed E-state index contributed by atoms with van der Waals surface area (Å²) in [6, 6.07) is 9.07. The van der Waals surface area contributed by atoms with E-state index in [-0.39, 0.29) is 25.3 Å². The molecule has 0 spiro atoms. The van der Waals surface area contributed by atoms with Gasteiger partial charge in [-0.25, -0.2) is 0 Å². The minimum atomic E-state index is -4.45. The van der Waals surface area contributed by atoms with Gasteiger partial charge in [-0.2, -0.15) is 13.2 Å². The molecule has 2 aromatic rings. The van der Waals surface area contributed by atoms with Crippen LogP contribution in [0.1, 0.15) is 28.7 Å². The second-order valence-corrected chi connectivity index (χ2v) is 6.82. The van der Waals surface area contributed by atoms with Crippen molar-refractivity contribution < 1.29 is 33.0 Å². The number of alkyl halides is 3. The fourth-order valence-corrected chi connectivity index (χ4v) is 3.37. The van der Waals surface area contributed by atoms with Crippen molar-refractivity contribution in [2.24, 2.45) is 5.92 Å². The number of aromatic hydroxyl groups is 1. The van der Waals surface area contributed by atoms with E-state index in [4.69, 9.17) is 0 Å². The number of phenolic OH excluding ortho intramolecular Hbond substituents is 1. The van der Waals surface area contributed by atoms with E-state index < -0.39 is 36.0 Å². The monoisotopic (exact) mass is 392 g/mol. The van der Waals surface area contributed by atoms with Crippen LogP contribution in [0.15, 0.2) is 42.5 Å². The van der Waals surface area contributed by atoms with Crippen LogP contribution in [0.2, 0.25) is 0 Å². The lowest BCUT2D eigenvalue weighted by atomic mass is 9.94. The first kappa shape index (κ1) is 19.7. The van der Waals surface area contributed by atoms with E-state index in [1.54, 1.807) is 6.07 Å². The Kier molecular flexibility index (Phi) is 5.31. The van der Waals surface area contributed by atoms with Crippen molar-refractivity contribution >= 4 is 11.9 Å². The molecule has 1 N–H and O–H groups in total. The highest BCUT2D eigenvalue weighted by atomic mass is 19.4. The van der Waals surface area contributed by atoms with Gasteiger partial charge in [-0.15, -0.1) is 0 Å². The molecule has 148 valence electrons. The summed E-state index contributed by atoms with van der Waals surface area (Å²) in [5.74, 6) is -2.60. The molecule has 0 unspecified atom stereocenters. The maximum atomic E-state index is 12.9. The minimum absolute atomic E-state index is 0.0130. The van der Waals surface area contributed by atoms with Crippen LogP contribution in [0.25, 0.3) is 0 Å². The van der Waals surface area contributed by atoms with Gasteiger partial charge >= 0.3 is 6.18 Å². The maximum Gasteiger partial charge on any atom is 0.416 e. The summed E-state index contributed by atoms with van der Waals surface area (Å²) in [6.07, 6.45) is -4.72. The van der Waals surface area contributed by atoms with E-state index in [9.17, 15) is 33.0 Å². The zero-order valence-corrected chi connectivity index (χ0v) is 14.7. The second-order valence-electron chi connectivity index (χ2n) is 6.82. The molecule has 1 heterocycles. The van der Waals surface area contributed by atoms with Gasteiger partial charge in [0.1, 0.15) is 5.75 Å². The Morgan fingerprint density at radius 2 is 1.82 bits per heavy atom. The minimum Gasteiger partial charge on any atom is -0.550 e. The number of fused-ring (bicyclic) bond motifs is 1. The predicted octanol–water partition coefficient (Wildman–Crippen LogP) is 2.25. The average molecular weight is 392 g/mol. The number of carboxylic acid groups (broad SMARTS) is 1. The molecule has 1 aliphatic heterocycles. The fourth-order valence-electron chi connectivity index (χ4n) is 3.37. The highest BCUT2D eigenvalue weighted by Gasteiger charge is 2.31. The number of carboxylic acids is 1. The topological polar surface area (TPSA) is 80.7 Å². The van der Waals surface area contributed by atoms with Gasteiger partial charge in [0.05, 0.1) is 5.56 Å². The Bertz CT molecular complexity index is 893. The van der Waals surface area contributed by atoms with Gasteiger partial charge in [-0.1, -0.05) is 18.2 Å². The van der Waals surface area contributed by atoms with E-state index in [0.717, 1.165) is 17.7 Å². The van der Waals surface area contributed by atoms with Crippen molar-refractivity contribution in [3.05, 3.63) is 64.7 Å². The molecule has 8 heteroatoms. The summed E-state index contributed by atoms with van der Waals surface area (Å²) in [5, 5.41) is 20.8. The van der Waals surface area contributed by atoms with Gasteiger partial charge in [0.15, 0.2) is 0 Å². The predicted molar refractivity (Wildman–Crippen MR) is 90.6 cm³/mol. The first-order chi connectivity index (χ1) is 13.1. The molecule has 0 aromatic heterocycles. The number of carbonyl (C=O) groups is 2. The summed E-state index contributed by atoms with van der Waals surface area (Å²) in [7, 11) is 0. The first-order valence-electron chi connectivity index (χ1n) is 8.59. The van der Waals surface area contributed by atoms with Crippen LogP contribution in [-0.2, 0) is 35.3 Å². The number of nitrogens with zero attached hydrogens (tertiary/aromatic N) is 1. The number of amides is 1. The molecule has 0 radical (unpaired) electrons. The van der Waals surface area contributed by atoms with Crippen LogP contribution in [0.4, 0.5) is 13.2 Å². The van der Waals surface area contributed by atoms with Crippen molar-refractivity contribution in [3.63, 3.8) is 0 Å². The molecule has 1 amide bonds. The van der Waals surface area contributed by atoms with Gasteiger partial charge in [0, 0.05) is 25.0 Å². The summed E-state index contributed by atoms with van der Waals surface area (Å²) < 4.78 is 38.2. The van der Waals surface area contributed by atoms with Crippen molar-refractivity contribution in [1.82, 2.24) is 4.90 Å². The van der Waals surface area contributed by atoms with Gasteiger partial charge in [-0.3, -0.25) is 4.79 Å². The van der Waals surface area contributed by atoms with Gasteiger partial charge in [-0.05, 0) is 53.8 Å². The third-order valence-electron chi connectivity index (χ3n) is 4.75. The molecule has 1 aliphatic rings. The van der Waals surface area contributed by atoms with Crippen LogP contribution in [0.5, 0.6) is 5.75 Å². The Morgan fingerprint density at radius 1 is 1.14 bits per heavy atom. The smallest absolute Gasteiger partial charge is 0.416 e. The number of aliphatic carboxylic acids is 1. The summed E-state index contributed by atoms with van der Waals surface area (Å²) >= 11 is 0. The summed E-state index contributed by atoms with van der Waals surface area (Å²) in [5.41, 5.74) is 1.11. The van der Waals surface area contributed by atoms with Crippen molar-refractivity contribution in [2.45, 2.75) is 32.1 Å².